The molecular weight excluding hydrogens is 523 g/mol. The summed E-state index contributed by atoms with van der Waals surface area (Å²) in [5.41, 5.74) is 2.77. The first kappa shape index (κ1) is 26.1. The third-order valence-electron chi connectivity index (χ3n) is 5.77. The lowest BCUT2D eigenvalue weighted by Crippen LogP contribution is -2.52. The molecule has 17 heteroatoms. The number of imidazole rings is 1. The molecule has 1 aromatic carbocycles. The van der Waals surface area contributed by atoms with Gasteiger partial charge in [-0.3, -0.25) is 14.7 Å². The number of carbonyl (C=O) groups is 2. The van der Waals surface area contributed by atoms with Gasteiger partial charge in [0.15, 0.2) is 23.9 Å². The van der Waals surface area contributed by atoms with Crippen LogP contribution in [0.1, 0.15) is 11.8 Å². The zero-order chi connectivity index (χ0) is 27.1. The molecule has 1 saturated heterocycles. The van der Waals surface area contributed by atoms with E-state index >= 15 is 4.39 Å². The number of ether oxygens (including phenoxy) is 2. The minimum Gasteiger partial charge on any atom is -0.479 e. The predicted molar refractivity (Wildman–Crippen MR) is 120 cm³/mol. The number of nitrogen functional groups attached to an aromatic ring is 1. The van der Waals surface area contributed by atoms with Crippen molar-refractivity contribution < 1.29 is 43.7 Å². The normalized spacial score (nSPS) is 21.8. The van der Waals surface area contributed by atoms with Gasteiger partial charge in [-0.2, -0.15) is 9.97 Å². The summed E-state index contributed by atoms with van der Waals surface area (Å²) in [6.07, 6.45) is -6.55. The van der Waals surface area contributed by atoms with E-state index in [2.05, 4.69) is 15.0 Å². The van der Waals surface area contributed by atoms with Crippen LogP contribution < -0.4 is 5.73 Å². The molecule has 1 fully saturated rings. The summed E-state index contributed by atoms with van der Waals surface area (Å²) < 4.78 is 26.9. The molecule has 15 nitrogen and oxygen atoms in total. The second-order valence-electron chi connectivity index (χ2n) is 8.05. The zero-order valence-electron chi connectivity index (χ0n) is 18.5. The fourth-order valence-electron chi connectivity index (χ4n) is 3.83. The van der Waals surface area contributed by atoms with Gasteiger partial charge in [-0.1, -0.05) is 12.1 Å². The van der Waals surface area contributed by atoms with E-state index < -0.39 is 60.1 Å². The van der Waals surface area contributed by atoms with Gasteiger partial charge in [-0.25, -0.2) is 19.0 Å². The number of halogens is 2. The molecule has 1 aliphatic rings. The van der Waals surface area contributed by atoms with Gasteiger partial charge in [0.25, 0.3) is 11.3 Å². The first-order chi connectivity index (χ1) is 17.4. The van der Waals surface area contributed by atoms with E-state index in [0.29, 0.717) is 0 Å². The highest BCUT2D eigenvalue weighted by Gasteiger charge is 2.52. The van der Waals surface area contributed by atoms with Crippen LogP contribution in [0.2, 0.25) is 5.28 Å². The lowest BCUT2D eigenvalue weighted by Gasteiger charge is -2.27. The van der Waals surface area contributed by atoms with E-state index in [4.69, 9.17) is 26.8 Å². The second-order valence-corrected chi connectivity index (χ2v) is 8.39. The fraction of sp³-hybridized carbons (Fsp3) is 0.350. The lowest BCUT2D eigenvalue weighted by molar-refractivity contribution is -0.384. The quantitative estimate of drug-likeness (QED) is 0.127. The number of fused-ring (bicyclic) bond motifs is 1. The highest BCUT2D eigenvalue weighted by atomic mass is 35.5. The standard InChI is InChI=1S/C20H18ClFN6O9/c21-19-25-14(23)12-15(26-19)27(7-24-12)16-11(22)13(29)10(37-16)6-36-20(17(30)31,18(32)33)5-8-1-3-9(4-2-8)28(34)35/h1-4,7,10-11,13,16,29H,5-6H2,(H,30,31)(H,32,33)(H2,23,25,26)/t10-,11+,13-,16-/m1/s1. The Hall–Kier alpha value is -3.99. The number of carboxylic acids is 2. The van der Waals surface area contributed by atoms with E-state index in [1.165, 1.54) is 12.1 Å². The number of nitro groups is 1. The van der Waals surface area contributed by atoms with Crippen LogP contribution in [0, 0.1) is 10.1 Å². The molecule has 0 amide bonds. The molecule has 0 aliphatic carbocycles. The van der Waals surface area contributed by atoms with Gasteiger partial charge >= 0.3 is 11.9 Å². The maximum absolute atomic E-state index is 15.0. The third kappa shape index (κ3) is 4.74. The lowest BCUT2D eigenvalue weighted by atomic mass is 9.94. The molecule has 0 saturated carbocycles. The summed E-state index contributed by atoms with van der Waals surface area (Å²) in [6.45, 7) is -0.839. The number of nitro benzene ring substituents is 1. The molecule has 3 heterocycles. The average Bonchev–Trinajstić information content (AvgIpc) is 3.37. The van der Waals surface area contributed by atoms with E-state index in [0.717, 1.165) is 23.0 Å². The monoisotopic (exact) mass is 540 g/mol. The molecule has 37 heavy (non-hydrogen) atoms. The van der Waals surface area contributed by atoms with Gasteiger partial charge < -0.3 is 30.5 Å². The van der Waals surface area contributed by atoms with Crippen molar-refractivity contribution in [1.82, 2.24) is 19.5 Å². The number of hydrogen-bond donors (Lipinski definition) is 4. The van der Waals surface area contributed by atoms with E-state index in [1.807, 2.05) is 0 Å². The summed E-state index contributed by atoms with van der Waals surface area (Å²) >= 11 is 5.81. The molecule has 196 valence electrons. The molecule has 0 bridgehead atoms. The van der Waals surface area contributed by atoms with E-state index in [-0.39, 0.29) is 33.5 Å². The van der Waals surface area contributed by atoms with Crippen molar-refractivity contribution in [3.05, 3.63) is 51.6 Å². The van der Waals surface area contributed by atoms with Gasteiger partial charge in [-0.15, -0.1) is 0 Å². The highest BCUT2D eigenvalue weighted by Crippen LogP contribution is 2.35. The van der Waals surface area contributed by atoms with Crippen molar-refractivity contribution in [2.45, 2.75) is 36.6 Å². The maximum Gasteiger partial charge on any atom is 0.348 e. The van der Waals surface area contributed by atoms with E-state index in [1.54, 1.807) is 0 Å². The molecule has 4 atom stereocenters. The molecule has 0 radical (unpaired) electrons. The molecule has 2 aromatic heterocycles. The molecule has 0 unspecified atom stereocenters. The second kappa shape index (κ2) is 9.81. The Kier molecular flexibility index (Phi) is 6.92. The number of non-ortho nitro benzene ring substituents is 1. The molecule has 0 spiro atoms. The average molecular weight is 541 g/mol. The maximum atomic E-state index is 15.0. The molecule has 4 rings (SSSR count). The number of alkyl halides is 1. The minimum absolute atomic E-state index is 0.00232. The van der Waals surface area contributed by atoms with Gasteiger partial charge in [0.1, 0.15) is 17.7 Å². The van der Waals surface area contributed by atoms with Gasteiger partial charge in [0.05, 0.1) is 17.9 Å². The summed E-state index contributed by atoms with van der Waals surface area (Å²) in [4.78, 5) is 45.8. The smallest absolute Gasteiger partial charge is 0.348 e. The zero-order valence-corrected chi connectivity index (χ0v) is 19.2. The number of aliphatic carboxylic acids is 2. The number of aromatic nitrogens is 4. The first-order valence-electron chi connectivity index (χ1n) is 10.4. The van der Waals surface area contributed by atoms with Crippen LogP contribution in [0.15, 0.2) is 30.6 Å². The van der Waals surface area contributed by atoms with Crippen LogP contribution in [0.25, 0.3) is 11.2 Å². The van der Waals surface area contributed by atoms with Crippen molar-refractivity contribution in [2.75, 3.05) is 12.3 Å². The van der Waals surface area contributed by atoms with Crippen molar-refractivity contribution >= 4 is 46.2 Å². The Morgan fingerprint density at radius 3 is 2.51 bits per heavy atom. The van der Waals surface area contributed by atoms with Crippen molar-refractivity contribution in [3.63, 3.8) is 0 Å². The van der Waals surface area contributed by atoms with Crippen molar-refractivity contribution in [1.29, 1.82) is 0 Å². The predicted octanol–water partition coefficient (Wildman–Crippen LogP) is 0.734. The number of hydrogen-bond acceptors (Lipinski definition) is 11. The molecule has 5 N–H and O–H groups in total. The summed E-state index contributed by atoms with van der Waals surface area (Å²) in [5.74, 6) is -3.86. The van der Waals surface area contributed by atoms with Crippen LogP contribution in [0.3, 0.4) is 0 Å². The number of nitrogens with two attached hydrogens (primary N) is 1. The number of benzene rings is 1. The van der Waals surface area contributed by atoms with Crippen LogP contribution in [-0.4, -0.2) is 82.3 Å². The topological polar surface area (TPSA) is 226 Å². The van der Waals surface area contributed by atoms with Crippen LogP contribution in [0.4, 0.5) is 15.9 Å². The van der Waals surface area contributed by atoms with Gasteiger partial charge in [-0.05, 0) is 17.2 Å². The first-order valence-corrected chi connectivity index (χ1v) is 10.8. The van der Waals surface area contributed by atoms with Crippen molar-refractivity contribution in [3.8, 4) is 0 Å². The summed E-state index contributed by atoms with van der Waals surface area (Å²) in [7, 11) is 0. The highest BCUT2D eigenvalue weighted by molar-refractivity contribution is 6.28. The number of carboxylic acid groups (broad SMARTS) is 2. The number of aliphatic hydroxyl groups is 1. The minimum atomic E-state index is -2.87. The van der Waals surface area contributed by atoms with Gasteiger partial charge in [0, 0.05) is 18.6 Å². The SMILES string of the molecule is Nc1nc(Cl)nc2c1ncn2[C@@H]1O[C@H](COC(Cc2ccc([N+](=O)[O-])cc2)(C(=O)O)C(=O)O)[C@@H](O)[C@@H]1F. The Morgan fingerprint density at radius 1 is 1.27 bits per heavy atom. The number of anilines is 1. The van der Waals surface area contributed by atoms with Crippen LogP contribution in [-0.2, 0) is 25.5 Å². The van der Waals surface area contributed by atoms with Gasteiger partial charge in [0.2, 0.25) is 5.28 Å². The summed E-state index contributed by atoms with van der Waals surface area (Å²) in [5, 5.41) is 40.4. The molecular formula is C20H18ClFN6O9. The Balaban J connectivity index is 1.56. The van der Waals surface area contributed by atoms with Crippen LogP contribution >= 0.6 is 11.6 Å². The Bertz CT molecular complexity index is 1360. The number of aliphatic hydroxyl groups excluding tert-OH is 1. The van der Waals surface area contributed by atoms with Crippen LogP contribution in [0.5, 0.6) is 0 Å². The Labute approximate surface area is 210 Å². The molecule has 3 aromatic rings. The largest absolute Gasteiger partial charge is 0.479 e. The van der Waals surface area contributed by atoms with Crippen molar-refractivity contribution in [2.24, 2.45) is 0 Å². The summed E-state index contributed by atoms with van der Waals surface area (Å²) in [6, 6.07) is 4.51. The third-order valence-corrected chi connectivity index (χ3v) is 5.94. The Morgan fingerprint density at radius 2 is 1.92 bits per heavy atom. The number of nitrogens with zero attached hydrogens (tertiary/aromatic N) is 5. The van der Waals surface area contributed by atoms with E-state index in [9.17, 15) is 35.0 Å². The fourth-order valence-corrected chi connectivity index (χ4v) is 4.00. The number of rotatable bonds is 9. The molecule has 1 aliphatic heterocycles.